The zero-order valence-corrected chi connectivity index (χ0v) is 20.6. The van der Waals surface area contributed by atoms with E-state index in [-0.39, 0.29) is 22.9 Å². The number of fused-ring (bicyclic) bond motifs is 1. The molecule has 2 aromatic carbocycles. The Hall–Kier alpha value is -2.57. The van der Waals surface area contributed by atoms with E-state index in [1.807, 2.05) is 0 Å². The van der Waals surface area contributed by atoms with Crippen LogP contribution >= 0.6 is 0 Å². The molecule has 3 aromatic rings. The fourth-order valence-electron chi connectivity index (χ4n) is 6.58. The first kappa shape index (κ1) is 25.1. The van der Waals surface area contributed by atoms with Crippen LogP contribution in [0.2, 0.25) is 0 Å². The number of hydrogen-bond acceptors (Lipinski definition) is 3. The number of ether oxygens (including phenoxy) is 1. The number of para-hydroxylation sites is 2. The summed E-state index contributed by atoms with van der Waals surface area (Å²) >= 11 is 0. The van der Waals surface area contributed by atoms with Crippen molar-refractivity contribution < 1.29 is 26.7 Å². The molecule has 0 unspecified atom stereocenters. The van der Waals surface area contributed by atoms with Gasteiger partial charge in [-0.1, -0.05) is 44.7 Å². The second-order valence-electron chi connectivity index (χ2n) is 10.5. The molecule has 0 aliphatic heterocycles. The Morgan fingerprint density at radius 3 is 2.28 bits per heavy atom. The maximum atomic E-state index is 15.7. The van der Waals surface area contributed by atoms with Gasteiger partial charge in [0.2, 0.25) is 5.89 Å². The number of benzene rings is 2. The first-order chi connectivity index (χ1) is 17.4. The summed E-state index contributed by atoms with van der Waals surface area (Å²) < 4.78 is 67.8. The molecule has 0 spiro atoms. The number of alkyl halides is 2. The van der Waals surface area contributed by atoms with Gasteiger partial charge in [0.1, 0.15) is 11.3 Å². The van der Waals surface area contributed by atoms with Crippen LogP contribution in [-0.4, -0.2) is 11.6 Å². The Balaban J connectivity index is 1.37. The number of oxazole rings is 1. The number of nitrogens with zero attached hydrogens (tertiary/aromatic N) is 1. The number of aromatic nitrogens is 1. The van der Waals surface area contributed by atoms with Crippen LogP contribution in [0.3, 0.4) is 0 Å². The Morgan fingerprint density at radius 2 is 1.64 bits per heavy atom. The number of hydrogen-bond donors (Lipinski definition) is 0. The number of halogens is 4. The zero-order chi connectivity index (χ0) is 25.2. The highest BCUT2D eigenvalue weighted by Crippen LogP contribution is 2.47. The summed E-state index contributed by atoms with van der Waals surface area (Å²) in [6.45, 7) is -1.03. The molecule has 5 rings (SSSR count). The Kier molecular flexibility index (Phi) is 7.54. The van der Waals surface area contributed by atoms with Gasteiger partial charge in [0.15, 0.2) is 17.1 Å². The van der Waals surface area contributed by atoms with Gasteiger partial charge in [-0.05, 0) is 80.4 Å². The van der Waals surface area contributed by atoms with Gasteiger partial charge in [-0.15, -0.1) is 0 Å². The van der Waals surface area contributed by atoms with E-state index in [0.29, 0.717) is 35.8 Å². The molecule has 2 aliphatic carbocycles. The topological polar surface area (TPSA) is 35.3 Å². The van der Waals surface area contributed by atoms with Gasteiger partial charge in [-0.3, -0.25) is 0 Å². The highest BCUT2D eigenvalue weighted by molar-refractivity contribution is 5.77. The van der Waals surface area contributed by atoms with Crippen LogP contribution in [0.5, 0.6) is 5.75 Å². The fraction of sp³-hybridized carbons (Fsp3) is 0.552. The second kappa shape index (κ2) is 10.8. The Morgan fingerprint density at radius 1 is 0.972 bits per heavy atom. The normalized spacial score (nSPS) is 24.9. The Bertz CT molecular complexity index is 1140. The summed E-state index contributed by atoms with van der Waals surface area (Å²) in [7, 11) is 0. The zero-order valence-electron chi connectivity index (χ0n) is 20.6. The van der Waals surface area contributed by atoms with Crippen LogP contribution in [0.1, 0.15) is 82.6 Å². The van der Waals surface area contributed by atoms with Crippen molar-refractivity contribution in [1.82, 2.24) is 4.98 Å². The van der Waals surface area contributed by atoms with Crippen molar-refractivity contribution in [2.75, 3.05) is 0 Å². The highest BCUT2D eigenvalue weighted by Gasteiger charge is 2.35. The molecule has 0 N–H and O–H groups in total. The van der Waals surface area contributed by atoms with Gasteiger partial charge in [0, 0.05) is 5.56 Å². The van der Waals surface area contributed by atoms with Gasteiger partial charge < -0.3 is 9.15 Å². The highest BCUT2D eigenvalue weighted by atomic mass is 19.3. The predicted octanol–water partition coefficient (Wildman–Crippen LogP) is 9.25. The SMILES string of the molecule is CCCC1CCC(C2CCC(c3c(F)cc(-c4nc5ccccc5o4)c(OC(F)F)c3F)CC2)CC1. The largest absolute Gasteiger partial charge is 0.436 e. The molecule has 3 nitrogen and oxygen atoms in total. The van der Waals surface area contributed by atoms with Crippen molar-refractivity contribution in [3.8, 4) is 17.2 Å². The molecule has 2 fully saturated rings. The quantitative estimate of drug-likeness (QED) is 0.301. The minimum Gasteiger partial charge on any atom is -0.436 e. The third kappa shape index (κ3) is 5.12. The van der Waals surface area contributed by atoms with Crippen LogP contribution in [-0.2, 0) is 0 Å². The van der Waals surface area contributed by atoms with Gasteiger partial charge >= 0.3 is 6.61 Å². The molecule has 2 saturated carbocycles. The molecule has 194 valence electrons. The van der Waals surface area contributed by atoms with E-state index in [1.54, 1.807) is 24.3 Å². The number of rotatable bonds is 7. The lowest BCUT2D eigenvalue weighted by Crippen LogP contribution is -2.26. The van der Waals surface area contributed by atoms with Crippen LogP contribution in [0.15, 0.2) is 34.7 Å². The monoisotopic (exact) mass is 503 g/mol. The summed E-state index contributed by atoms with van der Waals surface area (Å²) in [5.41, 5.74) is 0.447. The van der Waals surface area contributed by atoms with E-state index in [4.69, 9.17) is 4.42 Å². The standard InChI is InChI=1S/C29H33F4NO2/c1-2-5-17-8-10-18(11-9-17)19-12-14-20(15-13-19)25-22(30)16-21(27(26(25)31)36-29(32)33)28-34-23-6-3-4-7-24(23)35-28/h3-4,6-7,16-20,29H,2,5,8-15H2,1H3. The van der Waals surface area contributed by atoms with E-state index in [0.717, 1.165) is 24.8 Å². The molecular formula is C29H33F4NO2. The molecule has 1 heterocycles. The molecule has 2 aliphatic rings. The first-order valence-corrected chi connectivity index (χ1v) is 13.3. The molecule has 7 heteroatoms. The molecule has 0 amide bonds. The van der Waals surface area contributed by atoms with E-state index >= 15 is 8.78 Å². The van der Waals surface area contributed by atoms with E-state index < -0.39 is 24.0 Å². The third-order valence-electron chi connectivity index (χ3n) is 8.38. The third-order valence-corrected chi connectivity index (χ3v) is 8.38. The first-order valence-electron chi connectivity index (χ1n) is 13.3. The van der Waals surface area contributed by atoms with Gasteiger partial charge in [-0.25, -0.2) is 13.8 Å². The van der Waals surface area contributed by atoms with E-state index in [2.05, 4.69) is 16.6 Å². The maximum absolute atomic E-state index is 15.7. The van der Waals surface area contributed by atoms with Crippen LogP contribution < -0.4 is 4.74 Å². The predicted molar refractivity (Wildman–Crippen MR) is 131 cm³/mol. The molecule has 36 heavy (non-hydrogen) atoms. The van der Waals surface area contributed by atoms with Gasteiger partial charge in [-0.2, -0.15) is 8.78 Å². The molecule has 0 radical (unpaired) electrons. The lowest BCUT2D eigenvalue weighted by atomic mass is 9.68. The minimum absolute atomic E-state index is 0.154. The van der Waals surface area contributed by atoms with E-state index in [1.165, 1.54) is 38.5 Å². The maximum Gasteiger partial charge on any atom is 0.387 e. The summed E-state index contributed by atoms with van der Waals surface area (Å²) in [5, 5.41) is 0. The summed E-state index contributed by atoms with van der Waals surface area (Å²) in [6, 6.07) is 7.82. The Labute approximate surface area is 209 Å². The summed E-state index contributed by atoms with van der Waals surface area (Å²) in [6.07, 6.45) is 10.7. The summed E-state index contributed by atoms with van der Waals surface area (Å²) in [4.78, 5) is 4.23. The van der Waals surface area contributed by atoms with Crippen molar-refractivity contribution >= 4 is 11.1 Å². The molecule has 1 aromatic heterocycles. The lowest BCUT2D eigenvalue weighted by Gasteiger charge is -2.38. The van der Waals surface area contributed by atoms with Crippen molar-refractivity contribution in [3.05, 3.63) is 47.5 Å². The molecule has 0 saturated heterocycles. The average molecular weight is 504 g/mol. The van der Waals surface area contributed by atoms with Gasteiger partial charge in [0.05, 0.1) is 5.56 Å². The summed E-state index contributed by atoms with van der Waals surface area (Å²) in [5.74, 6) is -0.957. The average Bonchev–Trinajstić information content (AvgIpc) is 3.31. The molecule has 0 atom stereocenters. The fourth-order valence-corrected chi connectivity index (χ4v) is 6.58. The van der Waals surface area contributed by atoms with Gasteiger partial charge in [0.25, 0.3) is 0 Å². The van der Waals surface area contributed by atoms with Crippen molar-refractivity contribution in [2.24, 2.45) is 17.8 Å². The smallest absolute Gasteiger partial charge is 0.387 e. The van der Waals surface area contributed by atoms with Crippen LogP contribution in [0, 0.1) is 29.4 Å². The van der Waals surface area contributed by atoms with Crippen molar-refractivity contribution in [1.29, 1.82) is 0 Å². The van der Waals surface area contributed by atoms with Crippen molar-refractivity contribution in [2.45, 2.75) is 83.7 Å². The lowest BCUT2D eigenvalue weighted by molar-refractivity contribution is -0.0520. The second-order valence-corrected chi connectivity index (χ2v) is 10.5. The van der Waals surface area contributed by atoms with Crippen molar-refractivity contribution in [3.63, 3.8) is 0 Å². The minimum atomic E-state index is -3.26. The van der Waals surface area contributed by atoms with E-state index in [9.17, 15) is 8.78 Å². The van der Waals surface area contributed by atoms with Crippen LogP contribution in [0.25, 0.3) is 22.6 Å². The molecule has 0 bridgehead atoms. The van der Waals surface area contributed by atoms with Crippen LogP contribution in [0.4, 0.5) is 17.6 Å². The molecular weight excluding hydrogens is 470 g/mol.